The number of rotatable bonds is 43. The molecule has 0 aliphatic heterocycles. The van der Waals surface area contributed by atoms with Gasteiger partial charge in [0.15, 0.2) is 6.10 Å². The lowest BCUT2D eigenvalue weighted by atomic mass is 10.1. The molecule has 0 fully saturated rings. The van der Waals surface area contributed by atoms with Gasteiger partial charge in [0.05, 0.1) is 0 Å². The molecule has 0 aromatic carbocycles. The molecular weight excluding hydrogens is 745 g/mol. The summed E-state index contributed by atoms with van der Waals surface area (Å²) >= 11 is 0. The predicted octanol–water partition coefficient (Wildman–Crippen LogP) is 16.0. The van der Waals surface area contributed by atoms with E-state index < -0.39 is 6.10 Å². The average molecular weight is 835 g/mol. The first-order valence-electron chi connectivity index (χ1n) is 24.6. The fourth-order valence-corrected chi connectivity index (χ4v) is 6.50. The summed E-state index contributed by atoms with van der Waals surface area (Å²) in [6, 6.07) is 0. The Labute approximate surface area is 369 Å². The lowest BCUT2D eigenvalue weighted by Crippen LogP contribution is -2.30. The summed E-state index contributed by atoms with van der Waals surface area (Å²) in [4.78, 5) is 37.8. The van der Waals surface area contributed by atoms with E-state index in [2.05, 4.69) is 106 Å². The molecule has 6 nitrogen and oxygen atoms in total. The second kappa shape index (κ2) is 48.3. The third-order valence-corrected chi connectivity index (χ3v) is 10.1. The lowest BCUT2D eigenvalue weighted by Gasteiger charge is -2.18. The van der Waals surface area contributed by atoms with E-state index in [1.165, 1.54) is 64.2 Å². The van der Waals surface area contributed by atoms with Crippen molar-refractivity contribution in [2.75, 3.05) is 13.2 Å². The van der Waals surface area contributed by atoms with Crippen molar-refractivity contribution >= 4 is 17.9 Å². The SMILES string of the molecule is CC/C=C\C/C=C\C/C=C\C/C=C\C/C=C\CCCCCC(=O)OCC(COC(=O)CCCCCCCCCCC)OC(=O)CCCCCCCCC/C=C\C/C=C\CC. The second-order valence-corrected chi connectivity index (χ2v) is 16.0. The number of unbranched alkanes of at least 4 members (excludes halogenated alkanes) is 18. The molecule has 0 aliphatic rings. The maximum atomic E-state index is 12.7. The molecule has 60 heavy (non-hydrogen) atoms. The van der Waals surface area contributed by atoms with Crippen molar-refractivity contribution in [2.45, 2.75) is 226 Å². The van der Waals surface area contributed by atoms with Crippen molar-refractivity contribution in [1.82, 2.24) is 0 Å². The number of hydrogen-bond acceptors (Lipinski definition) is 6. The van der Waals surface area contributed by atoms with E-state index >= 15 is 0 Å². The standard InChI is InChI=1S/C54H90O6/c1-4-7-10-13-16-19-21-23-25-26-27-28-29-31-32-35-38-41-44-47-53(56)59-50-51(49-58-52(55)46-43-40-37-34-18-15-12-9-6-3)60-54(57)48-45-42-39-36-33-30-24-22-20-17-14-11-8-5-2/h7-8,10-11,16-17,19-20,23,25,27-28,31-32,51H,4-6,9,12-15,18,21-22,24,26,29-30,33-50H2,1-3H3/b10-7-,11-8-,19-16-,20-17-,25-23-,28-27-,32-31-. The number of carbonyl (C=O) groups excluding carboxylic acids is 3. The zero-order chi connectivity index (χ0) is 43.7. The van der Waals surface area contributed by atoms with Gasteiger partial charge in [0.25, 0.3) is 0 Å². The lowest BCUT2D eigenvalue weighted by molar-refractivity contribution is -0.167. The van der Waals surface area contributed by atoms with Crippen LogP contribution in [0.2, 0.25) is 0 Å². The maximum absolute atomic E-state index is 12.7. The summed E-state index contributed by atoms with van der Waals surface area (Å²) < 4.78 is 16.7. The minimum atomic E-state index is -0.791. The molecule has 0 saturated heterocycles. The molecule has 0 amide bonds. The topological polar surface area (TPSA) is 78.9 Å². The highest BCUT2D eigenvalue weighted by atomic mass is 16.6. The first kappa shape index (κ1) is 56.6. The van der Waals surface area contributed by atoms with Crippen LogP contribution in [0.5, 0.6) is 0 Å². The third-order valence-electron chi connectivity index (χ3n) is 10.1. The van der Waals surface area contributed by atoms with Crippen LogP contribution in [-0.4, -0.2) is 37.2 Å². The van der Waals surface area contributed by atoms with Gasteiger partial charge < -0.3 is 14.2 Å². The average Bonchev–Trinajstić information content (AvgIpc) is 3.24. The summed E-state index contributed by atoms with van der Waals surface area (Å²) in [5.41, 5.74) is 0. The maximum Gasteiger partial charge on any atom is 0.306 e. The van der Waals surface area contributed by atoms with Gasteiger partial charge in [0.1, 0.15) is 13.2 Å². The Kier molecular flexibility index (Phi) is 45.5. The second-order valence-electron chi connectivity index (χ2n) is 16.0. The van der Waals surface area contributed by atoms with E-state index in [4.69, 9.17) is 14.2 Å². The van der Waals surface area contributed by atoms with E-state index in [1.807, 2.05) is 0 Å². The van der Waals surface area contributed by atoms with E-state index in [9.17, 15) is 14.4 Å². The summed E-state index contributed by atoms with van der Waals surface area (Å²) in [7, 11) is 0. The minimum absolute atomic E-state index is 0.0901. The number of carbonyl (C=O) groups is 3. The van der Waals surface area contributed by atoms with Gasteiger partial charge in [-0.1, -0.05) is 196 Å². The molecule has 0 spiro atoms. The van der Waals surface area contributed by atoms with Crippen LogP contribution in [0.15, 0.2) is 85.1 Å². The van der Waals surface area contributed by atoms with E-state index in [0.29, 0.717) is 19.3 Å². The van der Waals surface area contributed by atoms with Crippen molar-refractivity contribution < 1.29 is 28.6 Å². The van der Waals surface area contributed by atoms with E-state index in [-0.39, 0.29) is 31.1 Å². The van der Waals surface area contributed by atoms with Crippen LogP contribution in [0.1, 0.15) is 220 Å². The molecule has 1 atom stereocenters. The van der Waals surface area contributed by atoms with Gasteiger partial charge in [-0.25, -0.2) is 0 Å². The first-order chi connectivity index (χ1) is 29.5. The third kappa shape index (κ3) is 45.7. The Hall–Kier alpha value is -3.41. The molecule has 0 rings (SSSR count). The van der Waals surface area contributed by atoms with Crippen LogP contribution in [0, 0.1) is 0 Å². The number of ether oxygens (including phenoxy) is 3. The minimum Gasteiger partial charge on any atom is -0.462 e. The van der Waals surface area contributed by atoms with Crippen LogP contribution in [0.25, 0.3) is 0 Å². The molecule has 342 valence electrons. The summed E-state index contributed by atoms with van der Waals surface area (Å²) in [5, 5.41) is 0. The van der Waals surface area contributed by atoms with Gasteiger partial charge in [0.2, 0.25) is 0 Å². The molecule has 0 heterocycles. The van der Waals surface area contributed by atoms with Crippen LogP contribution in [-0.2, 0) is 28.6 Å². The Balaban J connectivity index is 4.41. The molecule has 0 radical (unpaired) electrons. The highest BCUT2D eigenvalue weighted by Crippen LogP contribution is 2.14. The molecule has 0 aliphatic carbocycles. The molecule has 0 aromatic rings. The van der Waals surface area contributed by atoms with Gasteiger partial charge in [0, 0.05) is 19.3 Å². The van der Waals surface area contributed by atoms with Gasteiger partial charge in [-0.2, -0.15) is 0 Å². The Morgan fingerprint density at radius 3 is 1.03 bits per heavy atom. The summed E-state index contributed by atoms with van der Waals surface area (Å²) in [5.74, 6) is -0.938. The Bertz CT molecular complexity index is 1190. The fraction of sp³-hybridized carbons (Fsp3) is 0.685. The van der Waals surface area contributed by atoms with Crippen LogP contribution in [0.3, 0.4) is 0 Å². The van der Waals surface area contributed by atoms with E-state index in [0.717, 1.165) is 116 Å². The molecule has 0 bridgehead atoms. The van der Waals surface area contributed by atoms with Crippen LogP contribution >= 0.6 is 0 Å². The van der Waals surface area contributed by atoms with Gasteiger partial charge in [-0.15, -0.1) is 0 Å². The van der Waals surface area contributed by atoms with Crippen molar-refractivity contribution in [3.05, 3.63) is 85.1 Å². The zero-order valence-electron chi connectivity index (χ0n) is 38.9. The molecule has 0 N–H and O–H groups in total. The number of hydrogen-bond donors (Lipinski definition) is 0. The van der Waals surface area contributed by atoms with Gasteiger partial charge >= 0.3 is 17.9 Å². The Morgan fingerprint density at radius 1 is 0.350 bits per heavy atom. The van der Waals surface area contributed by atoms with Gasteiger partial charge in [-0.05, 0) is 89.9 Å². The van der Waals surface area contributed by atoms with E-state index in [1.54, 1.807) is 0 Å². The number of allylic oxidation sites excluding steroid dienone is 14. The van der Waals surface area contributed by atoms with Gasteiger partial charge in [-0.3, -0.25) is 14.4 Å². The summed E-state index contributed by atoms with van der Waals surface area (Å²) in [6.07, 6.45) is 61.4. The highest BCUT2D eigenvalue weighted by Gasteiger charge is 2.19. The van der Waals surface area contributed by atoms with Crippen molar-refractivity contribution in [3.8, 4) is 0 Å². The van der Waals surface area contributed by atoms with Crippen LogP contribution < -0.4 is 0 Å². The van der Waals surface area contributed by atoms with Crippen molar-refractivity contribution in [2.24, 2.45) is 0 Å². The monoisotopic (exact) mass is 835 g/mol. The molecular formula is C54H90O6. The molecule has 0 aromatic heterocycles. The van der Waals surface area contributed by atoms with Crippen molar-refractivity contribution in [3.63, 3.8) is 0 Å². The molecule has 6 heteroatoms. The number of esters is 3. The fourth-order valence-electron chi connectivity index (χ4n) is 6.50. The van der Waals surface area contributed by atoms with Crippen LogP contribution in [0.4, 0.5) is 0 Å². The summed E-state index contributed by atoms with van der Waals surface area (Å²) in [6.45, 7) is 6.35. The molecule has 0 saturated carbocycles. The van der Waals surface area contributed by atoms with Crippen molar-refractivity contribution in [1.29, 1.82) is 0 Å². The first-order valence-corrected chi connectivity index (χ1v) is 24.6. The predicted molar refractivity (Wildman–Crippen MR) is 256 cm³/mol. The zero-order valence-corrected chi connectivity index (χ0v) is 38.9. The Morgan fingerprint density at radius 2 is 0.650 bits per heavy atom. The highest BCUT2D eigenvalue weighted by molar-refractivity contribution is 5.71. The normalized spacial score (nSPS) is 12.8. The quantitative estimate of drug-likeness (QED) is 0.0263. The molecule has 1 unspecified atom stereocenters. The largest absolute Gasteiger partial charge is 0.462 e. The smallest absolute Gasteiger partial charge is 0.306 e.